The van der Waals surface area contributed by atoms with Crippen LogP contribution in [0.3, 0.4) is 0 Å². The highest BCUT2D eigenvalue weighted by atomic mass is 32.1. The van der Waals surface area contributed by atoms with E-state index in [0.717, 1.165) is 22.9 Å². The standard InChI is InChI=1S/C14H18N2OS/c1-11-10-18-14(15-11)9-16(8-12(2)17)13-6-4-3-5-7-13/h3-7,10,12,17H,8-9H2,1-2H3/t12-/m0/s1. The lowest BCUT2D eigenvalue weighted by atomic mass is 10.2. The van der Waals surface area contributed by atoms with Crippen LogP contribution < -0.4 is 4.90 Å². The molecule has 2 rings (SSSR count). The molecule has 0 spiro atoms. The average molecular weight is 262 g/mol. The summed E-state index contributed by atoms with van der Waals surface area (Å²) in [5.41, 5.74) is 2.17. The maximum Gasteiger partial charge on any atom is 0.112 e. The summed E-state index contributed by atoms with van der Waals surface area (Å²) in [6.45, 7) is 5.17. The Morgan fingerprint density at radius 3 is 2.61 bits per heavy atom. The number of para-hydroxylation sites is 1. The molecule has 2 aromatic rings. The minimum atomic E-state index is -0.355. The largest absolute Gasteiger partial charge is 0.392 e. The highest BCUT2D eigenvalue weighted by Gasteiger charge is 2.11. The van der Waals surface area contributed by atoms with Gasteiger partial charge in [0.1, 0.15) is 5.01 Å². The van der Waals surface area contributed by atoms with E-state index >= 15 is 0 Å². The molecule has 0 saturated carbocycles. The molecule has 0 amide bonds. The summed E-state index contributed by atoms with van der Waals surface area (Å²) in [4.78, 5) is 6.63. The quantitative estimate of drug-likeness (QED) is 0.900. The van der Waals surface area contributed by atoms with Gasteiger partial charge in [-0.15, -0.1) is 11.3 Å². The van der Waals surface area contributed by atoms with Gasteiger partial charge in [0.2, 0.25) is 0 Å². The zero-order valence-corrected chi connectivity index (χ0v) is 11.5. The predicted octanol–water partition coefficient (Wildman–Crippen LogP) is 2.84. The highest BCUT2D eigenvalue weighted by molar-refractivity contribution is 7.09. The number of aromatic nitrogens is 1. The fourth-order valence-electron chi connectivity index (χ4n) is 1.86. The van der Waals surface area contributed by atoms with Gasteiger partial charge >= 0.3 is 0 Å². The topological polar surface area (TPSA) is 36.4 Å². The summed E-state index contributed by atoms with van der Waals surface area (Å²) >= 11 is 1.67. The number of benzene rings is 1. The molecule has 4 heteroatoms. The normalized spacial score (nSPS) is 12.4. The second kappa shape index (κ2) is 5.98. The first kappa shape index (κ1) is 13.1. The van der Waals surface area contributed by atoms with E-state index in [2.05, 4.69) is 27.4 Å². The van der Waals surface area contributed by atoms with Gasteiger partial charge in [-0.05, 0) is 26.0 Å². The molecular weight excluding hydrogens is 244 g/mol. The van der Waals surface area contributed by atoms with Crippen LogP contribution in [-0.4, -0.2) is 22.7 Å². The summed E-state index contributed by atoms with van der Waals surface area (Å²) in [6.07, 6.45) is -0.355. The molecule has 0 unspecified atom stereocenters. The number of thiazole rings is 1. The van der Waals surface area contributed by atoms with Crippen LogP contribution in [0.15, 0.2) is 35.7 Å². The zero-order chi connectivity index (χ0) is 13.0. The number of hydrogen-bond donors (Lipinski definition) is 1. The first-order valence-electron chi connectivity index (χ1n) is 6.04. The third kappa shape index (κ3) is 3.55. The van der Waals surface area contributed by atoms with Gasteiger partial charge in [-0.25, -0.2) is 4.98 Å². The summed E-state index contributed by atoms with van der Waals surface area (Å²) in [7, 11) is 0. The van der Waals surface area contributed by atoms with Crippen LogP contribution in [0.25, 0.3) is 0 Å². The molecule has 1 aromatic heterocycles. The van der Waals surface area contributed by atoms with Gasteiger partial charge in [0.15, 0.2) is 0 Å². The molecule has 1 heterocycles. The number of rotatable bonds is 5. The van der Waals surface area contributed by atoms with Crippen molar-refractivity contribution in [3.8, 4) is 0 Å². The Kier molecular flexibility index (Phi) is 4.33. The summed E-state index contributed by atoms with van der Waals surface area (Å²) in [5.74, 6) is 0. The lowest BCUT2D eigenvalue weighted by molar-refractivity contribution is 0.199. The second-order valence-electron chi connectivity index (χ2n) is 4.45. The van der Waals surface area contributed by atoms with Crippen molar-refractivity contribution >= 4 is 17.0 Å². The fourth-order valence-corrected chi connectivity index (χ4v) is 2.64. The van der Waals surface area contributed by atoms with Crippen LogP contribution >= 0.6 is 11.3 Å². The molecule has 0 saturated heterocycles. The molecule has 96 valence electrons. The van der Waals surface area contributed by atoms with Crippen molar-refractivity contribution in [3.63, 3.8) is 0 Å². The van der Waals surface area contributed by atoms with Gasteiger partial charge in [-0.1, -0.05) is 18.2 Å². The summed E-state index contributed by atoms with van der Waals surface area (Å²) in [5, 5.41) is 12.7. The molecule has 0 aliphatic carbocycles. The van der Waals surface area contributed by atoms with Crippen molar-refractivity contribution in [2.45, 2.75) is 26.5 Å². The average Bonchev–Trinajstić information content (AvgIpc) is 2.75. The second-order valence-corrected chi connectivity index (χ2v) is 5.39. The summed E-state index contributed by atoms with van der Waals surface area (Å²) in [6, 6.07) is 10.1. The van der Waals surface area contributed by atoms with Gasteiger partial charge in [-0.3, -0.25) is 0 Å². The number of anilines is 1. The van der Waals surface area contributed by atoms with E-state index < -0.39 is 0 Å². The summed E-state index contributed by atoms with van der Waals surface area (Å²) < 4.78 is 0. The molecule has 0 radical (unpaired) electrons. The van der Waals surface area contributed by atoms with E-state index in [4.69, 9.17) is 0 Å². The van der Waals surface area contributed by atoms with Crippen molar-refractivity contribution in [1.82, 2.24) is 4.98 Å². The number of aliphatic hydroxyl groups is 1. The van der Waals surface area contributed by atoms with E-state index in [-0.39, 0.29) is 6.10 Å². The van der Waals surface area contributed by atoms with E-state index in [1.54, 1.807) is 11.3 Å². The lowest BCUT2D eigenvalue weighted by Crippen LogP contribution is -2.30. The molecule has 3 nitrogen and oxygen atoms in total. The Bertz CT molecular complexity index is 482. The third-order valence-corrected chi connectivity index (χ3v) is 3.55. The van der Waals surface area contributed by atoms with Crippen LogP contribution in [0.1, 0.15) is 17.6 Å². The van der Waals surface area contributed by atoms with Gasteiger partial charge in [0, 0.05) is 23.3 Å². The van der Waals surface area contributed by atoms with E-state index in [1.165, 1.54) is 0 Å². The van der Waals surface area contributed by atoms with Crippen LogP contribution in [0.2, 0.25) is 0 Å². The molecule has 0 bridgehead atoms. The first-order chi connectivity index (χ1) is 8.65. The number of hydrogen-bond acceptors (Lipinski definition) is 4. The first-order valence-corrected chi connectivity index (χ1v) is 6.92. The number of aryl methyl sites for hydroxylation is 1. The maximum absolute atomic E-state index is 9.61. The SMILES string of the molecule is Cc1csc(CN(C[C@H](C)O)c2ccccc2)n1. The highest BCUT2D eigenvalue weighted by Crippen LogP contribution is 2.19. The molecule has 0 fully saturated rings. The Morgan fingerprint density at radius 2 is 2.06 bits per heavy atom. The number of nitrogens with zero attached hydrogens (tertiary/aromatic N) is 2. The van der Waals surface area contributed by atoms with Crippen molar-refractivity contribution in [2.75, 3.05) is 11.4 Å². The third-order valence-electron chi connectivity index (χ3n) is 2.60. The smallest absolute Gasteiger partial charge is 0.112 e. The molecule has 1 N–H and O–H groups in total. The van der Waals surface area contributed by atoms with Crippen LogP contribution in [0.5, 0.6) is 0 Å². The monoisotopic (exact) mass is 262 g/mol. The van der Waals surface area contributed by atoms with Gasteiger partial charge < -0.3 is 10.0 Å². The van der Waals surface area contributed by atoms with Crippen LogP contribution in [-0.2, 0) is 6.54 Å². The number of aliphatic hydroxyl groups excluding tert-OH is 1. The Balaban J connectivity index is 2.15. The molecule has 1 aromatic carbocycles. The molecular formula is C14H18N2OS. The minimum Gasteiger partial charge on any atom is -0.392 e. The molecule has 0 aliphatic heterocycles. The van der Waals surface area contributed by atoms with Crippen molar-refractivity contribution in [1.29, 1.82) is 0 Å². The lowest BCUT2D eigenvalue weighted by Gasteiger charge is -2.25. The van der Waals surface area contributed by atoms with Crippen molar-refractivity contribution in [3.05, 3.63) is 46.4 Å². The van der Waals surface area contributed by atoms with Gasteiger partial charge in [0.25, 0.3) is 0 Å². The Labute approximate surface area is 112 Å². The van der Waals surface area contributed by atoms with Gasteiger partial charge in [0.05, 0.1) is 12.6 Å². The minimum absolute atomic E-state index is 0.355. The van der Waals surface area contributed by atoms with Gasteiger partial charge in [-0.2, -0.15) is 0 Å². The molecule has 18 heavy (non-hydrogen) atoms. The van der Waals surface area contributed by atoms with E-state index in [9.17, 15) is 5.11 Å². The molecule has 0 aliphatic rings. The molecule has 1 atom stereocenters. The van der Waals surface area contributed by atoms with Crippen LogP contribution in [0, 0.1) is 6.92 Å². The van der Waals surface area contributed by atoms with Crippen LogP contribution in [0.4, 0.5) is 5.69 Å². The van der Waals surface area contributed by atoms with E-state index in [1.807, 2.05) is 32.0 Å². The predicted molar refractivity (Wildman–Crippen MR) is 76.0 cm³/mol. The Morgan fingerprint density at radius 1 is 1.33 bits per heavy atom. The van der Waals surface area contributed by atoms with E-state index in [0.29, 0.717) is 6.54 Å². The fraction of sp³-hybridized carbons (Fsp3) is 0.357. The maximum atomic E-state index is 9.61. The Hall–Kier alpha value is -1.39. The zero-order valence-electron chi connectivity index (χ0n) is 10.7. The van der Waals surface area contributed by atoms with Crippen molar-refractivity contribution in [2.24, 2.45) is 0 Å². The van der Waals surface area contributed by atoms with Crippen molar-refractivity contribution < 1.29 is 5.11 Å².